The third-order valence-corrected chi connectivity index (χ3v) is 2.67. The molecule has 2 heterocycles. The molecule has 0 radical (unpaired) electrons. The molecule has 0 aliphatic rings. The maximum Gasteiger partial charge on any atom is 0.177 e. The molecule has 0 atom stereocenters. The van der Waals surface area contributed by atoms with Crippen molar-refractivity contribution in [2.24, 2.45) is 5.92 Å². The van der Waals surface area contributed by atoms with E-state index in [-0.39, 0.29) is 6.61 Å². The summed E-state index contributed by atoms with van der Waals surface area (Å²) in [6.07, 6.45) is 2.80. The van der Waals surface area contributed by atoms with E-state index in [0.29, 0.717) is 11.7 Å². The fraction of sp³-hybridized carbons (Fsp3) is 0.500. The molecule has 0 saturated carbocycles. The summed E-state index contributed by atoms with van der Waals surface area (Å²) in [5.41, 5.74) is 1.72. The lowest BCUT2D eigenvalue weighted by molar-refractivity contribution is 0.264. The Labute approximate surface area is 95.0 Å². The molecule has 2 rings (SSSR count). The van der Waals surface area contributed by atoms with Gasteiger partial charge in [-0.15, -0.1) is 0 Å². The van der Waals surface area contributed by atoms with E-state index in [0.717, 1.165) is 24.1 Å². The van der Waals surface area contributed by atoms with E-state index in [9.17, 15) is 5.11 Å². The molecule has 0 aliphatic carbocycles. The van der Waals surface area contributed by atoms with Crippen molar-refractivity contribution in [3.8, 4) is 0 Å². The van der Waals surface area contributed by atoms with Crippen molar-refractivity contribution in [3.05, 3.63) is 24.2 Å². The Morgan fingerprint density at radius 3 is 2.94 bits per heavy atom. The first-order valence-corrected chi connectivity index (χ1v) is 5.63. The van der Waals surface area contributed by atoms with Gasteiger partial charge < -0.3 is 9.67 Å². The van der Waals surface area contributed by atoms with E-state index in [1.165, 1.54) is 0 Å². The Morgan fingerprint density at radius 1 is 1.44 bits per heavy atom. The summed E-state index contributed by atoms with van der Waals surface area (Å²) >= 11 is 0. The van der Waals surface area contributed by atoms with Crippen LogP contribution >= 0.6 is 0 Å². The lowest BCUT2D eigenvalue weighted by atomic mass is 10.1. The van der Waals surface area contributed by atoms with Gasteiger partial charge in [-0.25, -0.2) is 9.97 Å². The number of pyridine rings is 1. The van der Waals surface area contributed by atoms with Crippen LogP contribution < -0.4 is 0 Å². The standard InChI is InChI=1S/C12H17N3O/c1-9(2)5-7-15-10-4-3-6-13-12(10)14-11(15)8-16/h3-4,6,9,16H,5,7-8H2,1-2H3. The van der Waals surface area contributed by atoms with Crippen molar-refractivity contribution >= 4 is 11.2 Å². The van der Waals surface area contributed by atoms with Crippen LogP contribution in [-0.4, -0.2) is 19.6 Å². The highest BCUT2D eigenvalue weighted by atomic mass is 16.3. The SMILES string of the molecule is CC(C)CCn1c(CO)nc2ncccc21. The van der Waals surface area contributed by atoms with Crippen LogP contribution in [0.4, 0.5) is 0 Å². The summed E-state index contributed by atoms with van der Waals surface area (Å²) in [5.74, 6) is 1.34. The highest BCUT2D eigenvalue weighted by Crippen LogP contribution is 2.15. The maximum absolute atomic E-state index is 9.27. The molecule has 4 heteroatoms. The molecule has 16 heavy (non-hydrogen) atoms. The molecule has 0 aliphatic heterocycles. The molecule has 0 spiro atoms. The van der Waals surface area contributed by atoms with Crippen LogP contribution in [0, 0.1) is 5.92 Å². The number of hydrogen-bond acceptors (Lipinski definition) is 3. The molecular formula is C12H17N3O. The van der Waals surface area contributed by atoms with Gasteiger partial charge in [-0.2, -0.15) is 0 Å². The van der Waals surface area contributed by atoms with Crippen LogP contribution in [0.25, 0.3) is 11.2 Å². The van der Waals surface area contributed by atoms with Crippen molar-refractivity contribution in [1.29, 1.82) is 0 Å². The zero-order valence-electron chi connectivity index (χ0n) is 9.72. The summed E-state index contributed by atoms with van der Waals surface area (Å²) in [5, 5.41) is 9.27. The van der Waals surface area contributed by atoms with E-state index in [2.05, 4.69) is 28.4 Å². The van der Waals surface area contributed by atoms with Gasteiger partial charge in [-0.3, -0.25) is 0 Å². The van der Waals surface area contributed by atoms with E-state index in [1.54, 1.807) is 6.20 Å². The number of fused-ring (bicyclic) bond motifs is 1. The van der Waals surface area contributed by atoms with Crippen molar-refractivity contribution in [3.63, 3.8) is 0 Å². The quantitative estimate of drug-likeness (QED) is 0.855. The minimum atomic E-state index is -0.0333. The monoisotopic (exact) mass is 219 g/mol. The summed E-state index contributed by atoms with van der Waals surface area (Å²) in [6.45, 7) is 5.23. The predicted molar refractivity (Wildman–Crippen MR) is 62.9 cm³/mol. The van der Waals surface area contributed by atoms with Gasteiger partial charge in [-0.05, 0) is 24.5 Å². The molecule has 2 aromatic rings. The lowest BCUT2D eigenvalue weighted by Crippen LogP contribution is -2.06. The first kappa shape index (κ1) is 11.1. The Morgan fingerprint density at radius 2 is 2.25 bits per heavy atom. The zero-order valence-corrected chi connectivity index (χ0v) is 9.72. The molecule has 4 nitrogen and oxygen atoms in total. The first-order valence-electron chi connectivity index (χ1n) is 5.63. The zero-order chi connectivity index (χ0) is 11.5. The summed E-state index contributed by atoms with van der Waals surface area (Å²) in [7, 11) is 0. The topological polar surface area (TPSA) is 50.9 Å². The Kier molecular flexibility index (Phi) is 3.19. The third kappa shape index (κ3) is 2.07. The molecule has 0 saturated heterocycles. The van der Waals surface area contributed by atoms with Crippen LogP contribution in [0.15, 0.2) is 18.3 Å². The predicted octanol–water partition coefficient (Wildman–Crippen LogP) is 1.97. The van der Waals surface area contributed by atoms with Gasteiger partial charge in [0.2, 0.25) is 0 Å². The Bertz CT molecular complexity index is 476. The smallest absolute Gasteiger partial charge is 0.177 e. The largest absolute Gasteiger partial charge is 0.388 e. The third-order valence-electron chi connectivity index (χ3n) is 2.67. The van der Waals surface area contributed by atoms with Gasteiger partial charge in [0.05, 0.1) is 5.52 Å². The van der Waals surface area contributed by atoms with Gasteiger partial charge in [0.15, 0.2) is 5.65 Å². The van der Waals surface area contributed by atoms with Crippen molar-refractivity contribution in [2.75, 3.05) is 0 Å². The van der Waals surface area contributed by atoms with Crippen LogP contribution in [0.2, 0.25) is 0 Å². The number of hydrogen-bond donors (Lipinski definition) is 1. The van der Waals surface area contributed by atoms with Crippen LogP contribution in [0.3, 0.4) is 0 Å². The number of aliphatic hydroxyl groups is 1. The maximum atomic E-state index is 9.27. The molecule has 86 valence electrons. The second-order valence-electron chi connectivity index (χ2n) is 4.37. The van der Waals surface area contributed by atoms with Gasteiger partial charge in [0.25, 0.3) is 0 Å². The minimum absolute atomic E-state index is 0.0333. The second-order valence-corrected chi connectivity index (χ2v) is 4.37. The molecule has 0 aromatic carbocycles. The van der Waals surface area contributed by atoms with Crippen LogP contribution in [-0.2, 0) is 13.2 Å². The van der Waals surface area contributed by atoms with E-state index in [4.69, 9.17) is 0 Å². The van der Waals surface area contributed by atoms with Gasteiger partial charge in [0.1, 0.15) is 12.4 Å². The normalized spacial score (nSPS) is 11.5. The van der Waals surface area contributed by atoms with E-state index < -0.39 is 0 Å². The minimum Gasteiger partial charge on any atom is -0.388 e. The number of rotatable bonds is 4. The van der Waals surface area contributed by atoms with E-state index >= 15 is 0 Å². The number of imidazole rings is 1. The average Bonchev–Trinajstić information content (AvgIpc) is 2.64. The highest BCUT2D eigenvalue weighted by molar-refractivity contribution is 5.71. The fourth-order valence-corrected chi connectivity index (χ4v) is 1.76. The molecule has 0 fully saturated rings. The fourth-order valence-electron chi connectivity index (χ4n) is 1.76. The van der Waals surface area contributed by atoms with Crippen LogP contribution in [0.1, 0.15) is 26.1 Å². The first-order chi connectivity index (χ1) is 7.72. The number of aryl methyl sites for hydroxylation is 1. The van der Waals surface area contributed by atoms with Crippen molar-refractivity contribution < 1.29 is 5.11 Å². The molecule has 2 aromatic heterocycles. The summed E-state index contributed by atoms with van der Waals surface area (Å²) < 4.78 is 2.06. The number of aromatic nitrogens is 3. The molecule has 0 bridgehead atoms. The average molecular weight is 219 g/mol. The van der Waals surface area contributed by atoms with Gasteiger partial charge in [0, 0.05) is 12.7 Å². The van der Waals surface area contributed by atoms with Gasteiger partial charge in [-0.1, -0.05) is 13.8 Å². The van der Waals surface area contributed by atoms with Gasteiger partial charge >= 0.3 is 0 Å². The Hall–Kier alpha value is -1.42. The molecular weight excluding hydrogens is 202 g/mol. The van der Waals surface area contributed by atoms with Crippen molar-refractivity contribution in [1.82, 2.24) is 14.5 Å². The summed E-state index contributed by atoms with van der Waals surface area (Å²) in [6, 6.07) is 3.89. The molecule has 0 amide bonds. The molecule has 1 N–H and O–H groups in total. The number of aliphatic hydroxyl groups excluding tert-OH is 1. The van der Waals surface area contributed by atoms with Crippen molar-refractivity contribution in [2.45, 2.75) is 33.4 Å². The Balaban J connectivity index is 2.39. The van der Waals surface area contributed by atoms with E-state index in [1.807, 2.05) is 12.1 Å². The second kappa shape index (κ2) is 4.61. The van der Waals surface area contributed by atoms with Crippen LogP contribution in [0.5, 0.6) is 0 Å². The number of nitrogens with zero attached hydrogens (tertiary/aromatic N) is 3. The molecule has 0 unspecified atom stereocenters. The highest BCUT2D eigenvalue weighted by Gasteiger charge is 2.10. The summed E-state index contributed by atoms with van der Waals surface area (Å²) in [4.78, 5) is 8.51. The lowest BCUT2D eigenvalue weighted by Gasteiger charge is -2.09.